The molecule has 1 saturated heterocycles. The van der Waals surface area contributed by atoms with Crippen LogP contribution < -0.4 is 0 Å². The highest BCUT2D eigenvalue weighted by Gasteiger charge is 2.22. The molecule has 130 valence electrons. The number of amides is 1. The van der Waals surface area contributed by atoms with Crippen LogP contribution in [-0.2, 0) is 4.79 Å². The minimum Gasteiger partial charge on any atom is -0.340 e. The molecule has 1 aliphatic carbocycles. The van der Waals surface area contributed by atoms with Crippen LogP contribution in [0.1, 0.15) is 44.1 Å². The molecule has 0 radical (unpaired) electrons. The number of carbonyl (C=O) groups excluding carboxylic acids is 1. The first-order valence-electron chi connectivity index (χ1n) is 9.53. The van der Waals surface area contributed by atoms with E-state index < -0.39 is 0 Å². The predicted octanol–water partition coefficient (Wildman–Crippen LogP) is 3.81. The summed E-state index contributed by atoms with van der Waals surface area (Å²) in [4.78, 5) is 16.9. The van der Waals surface area contributed by atoms with Gasteiger partial charge in [0.1, 0.15) is 0 Å². The van der Waals surface area contributed by atoms with Gasteiger partial charge in [-0.1, -0.05) is 68.2 Å². The molecule has 1 aromatic rings. The molecule has 1 heterocycles. The second kappa shape index (κ2) is 9.03. The second-order valence-corrected chi connectivity index (χ2v) is 7.18. The summed E-state index contributed by atoms with van der Waals surface area (Å²) in [5.74, 6) is 1.19. The van der Waals surface area contributed by atoms with Crippen molar-refractivity contribution < 1.29 is 4.79 Å². The number of hydrogen-bond donors (Lipinski definition) is 0. The van der Waals surface area contributed by atoms with Crippen LogP contribution in [0.4, 0.5) is 0 Å². The van der Waals surface area contributed by atoms with E-state index in [0.717, 1.165) is 51.5 Å². The van der Waals surface area contributed by atoms with E-state index in [9.17, 15) is 4.79 Å². The summed E-state index contributed by atoms with van der Waals surface area (Å²) in [7, 11) is 0. The molecular weight excluding hydrogens is 296 g/mol. The molecule has 0 N–H and O–H groups in total. The van der Waals surface area contributed by atoms with E-state index in [1.807, 2.05) is 6.07 Å². The van der Waals surface area contributed by atoms with Gasteiger partial charge in [0.05, 0.1) is 0 Å². The van der Waals surface area contributed by atoms with E-state index in [0.29, 0.717) is 5.91 Å². The highest BCUT2D eigenvalue weighted by Crippen LogP contribution is 2.28. The second-order valence-electron chi connectivity index (χ2n) is 7.18. The Labute approximate surface area is 146 Å². The lowest BCUT2D eigenvalue weighted by molar-refractivity contribution is -0.133. The zero-order chi connectivity index (χ0) is 16.6. The van der Waals surface area contributed by atoms with Crippen LogP contribution in [0.15, 0.2) is 36.4 Å². The zero-order valence-electron chi connectivity index (χ0n) is 14.7. The molecule has 0 bridgehead atoms. The first-order valence-corrected chi connectivity index (χ1v) is 9.53. The van der Waals surface area contributed by atoms with Gasteiger partial charge in [0, 0.05) is 39.1 Å². The fraction of sp³-hybridized carbons (Fsp3) is 0.571. The van der Waals surface area contributed by atoms with Crippen molar-refractivity contribution in [3.05, 3.63) is 42.0 Å². The molecule has 1 saturated carbocycles. The zero-order valence-corrected chi connectivity index (χ0v) is 14.7. The third-order valence-corrected chi connectivity index (χ3v) is 5.44. The van der Waals surface area contributed by atoms with Crippen LogP contribution in [-0.4, -0.2) is 48.4 Å². The number of hydrogen-bond acceptors (Lipinski definition) is 2. The van der Waals surface area contributed by atoms with Crippen molar-refractivity contribution in [1.82, 2.24) is 9.80 Å². The number of carbonyl (C=O) groups is 1. The van der Waals surface area contributed by atoms with E-state index in [4.69, 9.17) is 0 Å². The van der Waals surface area contributed by atoms with Gasteiger partial charge in [-0.25, -0.2) is 0 Å². The smallest absolute Gasteiger partial charge is 0.222 e. The maximum absolute atomic E-state index is 12.4. The molecule has 1 aromatic carbocycles. The quantitative estimate of drug-likeness (QED) is 0.793. The Kier molecular flexibility index (Phi) is 6.48. The number of benzene rings is 1. The van der Waals surface area contributed by atoms with Crippen LogP contribution in [0.25, 0.3) is 6.08 Å². The molecule has 0 aromatic heterocycles. The number of piperazine rings is 1. The molecule has 1 amide bonds. The van der Waals surface area contributed by atoms with Crippen molar-refractivity contribution in [3.63, 3.8) is 0 Å². The number of rotatable bonds is 6. The van der Waals surface area contributed by atoms with Gasteiger partial charge in [0.15, 0.2) is 0 Å². The minimum atomic E-state index is 0.376. The normalized spacial score (nSPS) is 20.1. The van der Waals surface area contributed by atoms with Crippen LogP contribution in [0.5, 0.6) is 0 Å². The van der Waals surface area contributed by atoms with Crippen LogP contribution in [0, 0.1) is 5.92 Å². The third-order valence-electron chi connectivity index (χ3n) is 5.44. The van der Waals surface area contributed by atoms with Crippen molar-refractivity contribution in [2.24, 2.45) is 5.92 Å². The summed E-state index contributed by atoms with van der Waals surface area (Å²) in [6, 6.07) is 10.4. The molecule has 24 heavy (non-hydrogen) atoms. The van der Waals surface area contributed by atoms with Crippen LogP contribution in [0.3, 0.4) is 0 Å². The molecule has 2 aliphatic rings. The summed E-state index contributed by atoms with van der Waals surface area (Å²) in [6.07, 6.45) is 11.7. The molecule has 3 rings (SSSR count). The monoisotopic (exact) mass is 326 g/mol. The van der Waals surface area contributed by atoms with Gasteiger partial charge in [-0.15, -0.1) is 0 Å². The van der Waals surface area contributed by atoms with Crippen LogP contribution in [0.2, 0.25) is 0 Å². The molecule has 3 nitrogen and oxygen atoms in total. The number of nitrogens with zero attached hydrogens (tertiary/aromatic N) is 2. The third kappa shape index (κ3) is 5.20. The Hall–Kier alpha value is -1.61. The Bertz CT molecular complexity index is 526. The lowest BCUT2D eigenvalue weighted by Gasteiger charge is -2.34. The van der Waals surface area contributed by atoms with E-state index in [1.54, 1.807) is 0 Å². The van der Waals surface area contributed by atoms with E-state index >= 15 is 0 Å². The van der Waals surface area contributed by atoms with Gasteiger partial charge in [0.25, 0.3) is 0 Å². The molecule has 2 fully saturated rings. The maximum Gasteiger partial charge on any atom is 0.222 e. The van der Waals surface area contributed by atoms with E-state index in [1.165, 1.54) is 31.2 Å². The van der Waals surface area contributed by atoms with Crippen molar-refractivity contribution in [1.29, 1.82) is 0 Å². The van der Waals surface area contributed by atoms with Crippen molar-refractivity contribution in [3.8, 4) is 0 Å². The molecule has 0 spiro atoms. The Balaban J connectivity index is 1.34. The highest BCUT2D eigenvalue weighted by atomic mass is 16.2. The van der Waals surface area contributed by atoms with Crippen molar-refractivity contribution in [2.75, 3.05) is 32.7 Å². The van der Waals surface area contributed by atoms with E-state index in [-0.39, 0.29) is 0 Å². The first-order chi connectivity index (χ1) is 11.8. The van der Waals surface area contributed by atoms with Gasteiger partial charge in [-0.2, -0.15) is 0 Å². The summed E-state index contributed by atoms with van der Waals surface area (Å²) in [5, 5.41) is 0. The molecule has 0 atom stereocenters. The van der Waals surface area contributed by atoms with Crippen LogP contribution >= 0.6 is 0 Å². The molecule has 1 aliphatic heterocycles. The average Bonchev–Trinajstić information content (AvgIpc) is 3.15. The Morgan fingerprint density at radius 2 is 1.75 bits per heavy atom. The lowest BCUT2D eigenvalue weighted by atomic mass is 10.0. The van der Waals surface area contributed by atoms with Gasteiger partial charge >= 0.3 is 0 Å². The standard InChI is InChI=1S/C21H30N2O/c24-21(13-12-20-9-4-5-10-20)23-17-15-22(16-18-23)14-6-11-19-7-2-1-3-8-19/h1-3,6-8,11,20H,4-5,9-10,12-18H2/b11-6+. The van der Waals surface area contributed by atoms with Crippen molar-refractivity contribution >= 4 is 12.0 Å². The Morgan fingerprint density at radius 1 is 1.04 bits per heavy atom. The summed E-state index contributed by atoms with van der Waals surface area (Å²) in [6.45, 7) is 4.74. The largest absolute Gasteiger partial charge is 0.340 e. The van der Waals surface area contributed by atoms with Gasteiger partial charge in [-0.05, 0) is 17.9 Å². The lowest BCUT2D eigenvalue weighted by Crippen LogP contribution is -2.48. The van der Waals surface area contributed by atoms with E-state index in [2.05, 4.69) is 46.2 Å². The molecule has 0 unspecified atom stereocenters. The first kappa shape index (κ1) is 17.2. The SMILES string of the molecule is O=C(CCC1CCCC1)N1CCN(C/C=C/c2ccccc2)CC1. The average molecular weight is 326 g/mol. The topological polar surface area (TPSA) is 23.6 Å². The van der Waals surface area contributed by atoms with Crippen molar-refractivity contribution in [2.45, 2.75) is 38.5 Å². The van der Waals surface area contributed by atoms with Gasteiger partial charge in [-0.3, -0.25) is 9.69 Å². The fourth-order valence-electron chi connectivity index (χ4n) is 3.87. The molecule has 3 heteroatoms. The van der Waals surface area contributed by atoms with Gasteiger partial charge < -0.3 is 4.90 Å². The Morgan fingerprint density at radius 3 is 2.46 bits per heavy atom. The minimum absolute atomic E-state index is 0.376. The fourth-order valence-corrected chi connectivity index (χ4v) is 3.87. The summed E-state index contributed by atoms with van der Waals surface area (Å²) in [5.41, 5.74) is 1.25. The summed E-state index contributed by atoms with van der Waals surface area (Å²) >= 11 is 0. The predicted molar refractivity (Wildman–Crippen MR) is 99.7 cm³/mol. The maximum atomic E-state index is 12.4. The van der Waals surface area contributed by atoms with Gasteiger partial charge in [0.2, 0.25) is 5.91 Å². The molecular formula is C21H30N2O. The highest BCUT2D eigenvalue weighted by molar-refractivity contribution is 5.76. The summed E-state index contributed by atoms with van der Waals surface area (Å²) < 4.78 is 0.